The van der Waals surface area contributed by atoms with Crippen molar-refractivity contribution in [2.24, 2.45) is 0 Å². The molecule has 0 saturated heterocycles. The summed E-state index contributed by atoms with van der Waals surface area (Å²) in [7, 11) is 0. The first-order valence-corrected chi connectivity index (χ1v) is 5.18. The highest BCUT2D eigenvalue weighted by Gasteiger charge is 2.01. The lowest BCUT2D eigenvalue weighted by Gasteiger charge is -2.01. The van der Waals surface area contributed by atoms with E-state index in [1.54, 1.807) is 12.1 Å². The van der Waals surface area contributed by atoms with Gasteiger partial charge in [0.2, 0.25) is 0 Å². The molecule has 0 radical (unpaired) electrons. The maximum absolute atomic E-state index is 13.0. The highest BCUT2D eigenvalue weighted by Crippen LogP contribution is 2.25. The van der Waals surface area contributed by atoms with Crippen molar-refractivity contribution in [1.82, 2.24) is 0 Å². The van der Waals surface area contributed by atoms with E-state index in [4.69, 9.17) is 11.6 Å². The van der Waals surface area contributed by atoms with E-state index in [2.05, 4.69) is 6.92 Å². The summed E-state index contributed by atoms with van der Waals surface area (Å²) in [5, 5.41) is 0.593. The van der Waals surface area contributed by atoms with Crippen molar-refractivity contribution in [3.63, 3.8) is 0 Å². The molecule has 0 aliphatic heterocycles. The fraction of sp³-hybridized carbons (Fsp3) is 0.333. The van der Waals surface area contributed by atoms with Crippen LogP contribution in [0.1, 0.15) is 13.3 Å². The molecule has 66 valence electrons. The van der Waals surface area contributed by atoms with Crippen molar-refractivity contribution in [1.29, 1.82) is 0 Å². The Morgan fingerprint density at radius 3 is 2.92 bits per heavy atom. The topological polar surface area (TPSA) is 0 Å². The second-order valence-electron chi connectivity index (χ2n) is 2.42. The van der Waals surface area contributed by atoms with Crippen LogP contribution in [-0.2, 0) is 0 Å². The predicted octanol–water partition coefficient (Wildman–Crippen LogP) is 3.98. The first kappa shape index (κ1) is 9.87. The van der Waals surface area contributed by atoms with E-state index in [0.29, 0.717) is 9.92 Å². The van der Waals surface area contributed by atoms with E-state index in [9.17, 15) is 4.39 Å². The molecule has 0 aliphatic rings. The summed E-state index contributed by atoms with van der Waals surface area (Å²) in [5.41, 5.74) is 0. The van der Waals surface area contributed by atoms with Gasteiger partial charge in [-0.2, -0.15) is 0 Å². The van der Waals surface area contributed by atoms with E-state index in [1.807, 2.05) is 0 Å². The summed E-state index contributed by atoms with van der Waals surface area (Å²) in [6, 6.07) is 4.63. The average Bonchev–Trinajstić information content (AvgIpc) is 2.07. The van der Waals surface area contributed by atoms with Gasteiger partial charge in [0, 0.05) is 9.92 Å². The molecule has 0 nitrogen and oxygen atoms in total. The van der Waals surface area contributed by atoms with Gasteiger partial charge in [0.25, 0.3) is 0 Å². The van der Waals surface area contributed by atoms with Crippen LogP contribution >= 0.6 is 23.4 Å². The van der Waals surface area contributed by atoms with E-state index in [0.717, 1.165) is 12.2 Å². The van der Waals surface area contributed by atoms with Crippen molar-refractivity contribution in [3.05, 3.63) is 29.0 Å². The van der Waals surface area contributed by atoms with E-state index in [-0.39, 0.29) is 5.82 Å². The molecule has 1 aromatic rings. The lowest BCUT2D eigenvalue weighted by Crippen LogP contribution is -1.82. The normalized spacial score (nSPS) is 10.2. The molecule has 0 aromatic heterocycles. The quantitative estimate of drug-likeness (QED) is 0.672. The van der Waals surface area contributed by atoms with Gasteiger partial charge in [-0.25, -0.2) is 4.39 Å². The Morgan fingerprint density at radius 2 is 2.25 bits per heavy atom. The molecule has 0 N–H and O–H groups in total. The Labute approximate surface area is 81.1 Å². The number of halogens is 2. The van der Waals surface area contributed by atoms with Gasteiger partial charge in [0.1, 0.15) is 5.82 Å². The van der Waals surface area contributed by atoms with Gasteiger partial charge >= 0.3 is 0 Å². The SMILES string of the molecule is CCCSc1cc(Cl)ccc1F. The molecule has 3 heteroatoms. The van der Waals surface area contributed by atoms with Crippen LogP contribution in [0.5, 0.6) is 0 Å². The van der Waals surface area contributed by atoms with Crippen LogP contribution in [0.25, 0.3) is 0 Å². The molecule has 0 spiro atoms. The Hall–Kier alpha value is -0.210. The van der Waals surface area contributed by atoms with E-state index >= 15 is 0 Å². The maximum atomic E-state index is 13.0. The van der Waals surface area contributed by atoms with Gasteiger partial charge in [-0.1, -0.05) is 18.5 Å². The first-order valence-electron chi connectivity index (χ1n) is 3.82. The monoisotopic (exact) mass is 204 g/mol. The maximum Gasteiger partial charge on any atom is 0.136 e. The molecular weight excluding hydrogens is 195 g/mol. The van der Waals surface area contributed by atoms with Crippen molar-refractivity contribution >= 4 is 23.4 Å². The minimum atomic E-state index is -0.183. The van der Waals surface area contributed by atoms with Crippen LogP contribution in [0.15, 0.2) is 23.1 Å². The third kappa shape index (κ3) is 2.68. The number of hydrogen-bond donors (Lipinski definition) is 0. The first-order chi connectivity index (χ1) is 5.74. The van der Waals surface area contributed by atoms with E-state index in [1.165, 1.54) is 17.8 Å². The third-order valence-electron chi connectivity index (χ3n) is 1.35. The molecule has 12 heavy (non-hydrogen) atoms. The fourth-order valence-electron chi connectivity index (χ4n) is 0.800. The third-order valence-corrected chi connectivity index (χ3v) is 2.83. The van der Waals surface area contributed by atoms with Crippen molar-refractivity contribution in [2.75, 3.05) is 5.75 Å². The second kappa shape index (κ2) is 4.73. The summed E-state index contributed by atoms with van der Waals surface area (Å²) < 4.78 is 13.0. The van der Waals surface area contributed by atoms with Crippen LogP contribution in [0.4, 0.5) is 4.39 Å². The molecule has 0 bridgehead atoms. The van der Waals surface area contributed by atoms with Gasteiger partial charge in [0.15, 0.2) is 0 Å². The highest BCUT2D eigenvalue weighted by molar-refractivity contribution is 7.99. The molecule has 0 aliphatic carbocycles. The standard InChI is InChI=1S/C9H10ClFS/c1-2-5-12-9-6-7(10)3-4-8(9)11/h3-4,6H,2,5H2,1H3. The Bertz CT molecular complexity index is 263. The van der Waals surface area contributed by atoms with Crippen LogP contribution in [0.3, 0.4) is 0 Å². The number of thioether (sulfide) groups is 1. The highest BCUT2D eigenvalue weighted by atomic mass is 35.5. The van der Waals surface area contributed by atoms with Crippen molar-refractivity contribution < 1.29 is 4.39 Å². The van der Waals surface area contributed by atoms with Gasteiger partial charge in [-0.15, -0.1) is 11.8 Å². The fourth-order valence-corrected chi connectivity index (χ4v) is 1.88. The molecule has 0 heterocycles. The zero-order valence-electron chi connectivity index (χ0n) is 6.81. The minimum absolute atomic E-state index is 0.183. The van der Waals surface area contributed by atoms with Gasteiger partial charge in [-0.3, -0.25) is 0 Å². The minimum Gasteiger partial charge on any atom is -0.206 e. The summed E-state index contributed by atoms with van der Waals surface area (Å²) >= 11 is 7.22. The second-order valence-corrected chi connectivity index (χ2v) is 4.00. The van der Waals surface area contributed by atoms with E-state index < -0.39 is 0 Å². The molecule has 0 unspecified atom stereocenters. The Balaban J connectivity index is 2.75. The average molecular weight is 205 g/mol. The molecule has 1 rings (SSSR count). The van der Waals surface area contributed by atoms with Crippen LogP contribution < -0.4 is 0 Å². The molecule has 0 saturated carbocycles. The zero-order valence-corrected chi connectivity index (χ0v) is 8.38. The largest absolute Gasteiger partial charge is 0.206 e. The summed E-state index contributed by atoms with van der Waals surface area (Å²) in [6.07, 6.45) is 1.04. The number of hydrogen-bond acceptors (Lipinski definition) is 1. The van der Waals surface area contributed by atoms with Crippen LogP contribution in [0, 0.1) is 5.82 Å². The van der Waals surface area contributed by atoms with Crippen molar-refractivity contribution in [3.8, 4) is 0 Å². The summed E-state index contributed by atoms with van der Waals surface area (Å²) in [5.74, 6) is 0.745. The molecule has 0 amide bonds. The molecular formula is C9H10ClFS. The lowest BCUT2D eigenvalue weighted by molar-refractivity contribution is 0.602. The molecule has 0 fully saturated rings. The zero-order chi connectivity index (χ0) is 8.97. The molecule has 1 aromatic carbocycles. The van der Waals surface area contributed by atoms with Crippen LogP contribution in [0.2, 0.25) is 5.02 Å². The lowest BCUT2D eigenvalue weighted by atomic mass is 10.3. The number of benzene rings is 1. The molecule has 0 atom stereocenters. The Kier molecular flexibility index (Phi) is 3.89. The predicted molar refractivity (Wildman–Crippen MR) is 52.4 cm³/mol. The van der Waals surface area contributed by atoms with Gasteiger partial charge in [-0.05, 0) is 30.4 Å². The summed E-state index contributed by atoms with van der Waals surface area (Å²) in [4.78, 5) is 0.643. The van der Waals surface area contributed by atoms with Gasteiger partial charge < -0.3 is 0 Å². The van der Waals surface area contributed by atoms with Crippen LogP contribution in [-0.4, -0.2) is 5.75 Å². The number of rotatable bonds is 3. The smallest absolute Gasteiger partial charge is 0.136 e. The van der Waals surface area contributed by atoms with Crippen molar-refractivity contribution in [2.45, 2.75) is 18.2 Å². The van der Waals surface area contributed by atoms with Gasteiger partial charge in [0.05, 0.1) is 0 Å². The Morgan fingerprint density at radius 1 is 1.50 bits per heavy atom. The summed E-state index contributed by atoms with van der Waals surface area (Å²) in [6.45, 7) is 2.06.